The van der Waals surface area contributed by atoms with Crippen LogP contribution in [0.3, 0.4) is 0 Å². The summed E-state index contributed by atoms with van der Waals surface area (Å²) in [6, 6.07) is 27.7. The Morgan fingerprint density at radius 2 is 1.61 bits per heavy atom. The van der Waals surface area contributed by atoms with Gasteiger partial charge in [-0.25, -0.2) is 4.39 Å². The number of carbonyl (C=O) groups excluding carboxylic acids is 1. The predicted octanol–water partition coefficient (Wildman–Crippen LogP) is 7.02. The Balaban J connectivity index is 1.40. The van der Waals surface area contributed by atoms with Crippen LogP contribution in [0, 0.1) is 5.82 Å². The first kappa shape index (κ1) is 24.1. The second-order valence-corrected chi connectivity index (χ2v) is 10.0. The van der Waals surface area contributed by atoms with E-state index >= 15 is 0 Å². The van der Waals surface area contributed by atoms with E-state index in [0.29, 0.717) is 28.9 Å². The van der Waals surface area contributed by atoms with E-state index in [2.05, 4.69) is 15.9 Å². The molecule has 1 aliphatic rings. The van der Waals surface area contributed by atoms with Gasteiger partial charge in [0.15, 0.2) is 5.43 Å². The lowest BCUT2D eigenvalue weighted by molar-refractivity contribution is 0.0714. The Bertz CT molecular complexity index is 1700. The van der Waals surface area contributed by atoms with Crippen LogP contribution in [-0.2, 0) is 13.2 Å². The minimum absolute atomic E-state index is 0.0290. The van der Waals surface area contributed by atoms with E-state index in [0.717, 1.165) is 21.2 Å². The molecule has 5 aromatic rings. The highest BCUT2D eigenvalue weighted by Crippen LogP contribution is 2.40. The second kappa shape index (κ2) is 9.91. The van der Waals surface area contributed by atoms with E-state index in [1.807, 2.05) is 54.6 Å². The van der Waals surface area contributed by atoms with Crippen LogP contribution < -0.4 is 10.2 Å². The topological polar surface area (TPSA) is 59.8 Å². The molecule has 0 radical (unpaired) electrons. The zero-order chi connectivity index (χ0) is 26.2. The molecule has 1 atom stereocenters. The average molecular weight is 570 g/mol. The number of amides is 1. The highest BCUT2D eigenvalue weighted by atomic mass is 79.9. The number of nitrogens with zero attached hydrogens (tertiary/aromatic N) is 1. The minimum atomic E-state index is -0.676. The van der Waals surface area contributed by atoms with Crippen molar-refractivity contribution in [3.05, 3.63) is 146 Å². The first-order chi connectivity index (χ1) is 18.5. The molecule has 4 aromatic carbocycles. The van der Waals surface area contributed by atoms with Crippen molar-refractivity contribution in [2.75, 3.05) is 0 Å². The lowest BCUT2D eigenvalue weighted by Crippen LogP contribution is -2.29. The van der Waals surface area contributed by atoms with Gasteiger partial charge in [0, 0.05) is 11.0 Å². The van der Waals surface area contributed by atoms with E-state index < -0.39 is 6.04 Å². The Kier molecular flexibility index (Phi) is 6.29. The smallest absolute Gasteiger partial charge is 0.291 e. The summed E-state index contributed by atoms with van der Waals surface area (Å²) in [5.74, 6) is -0.0511. The highest BCUT2D eigenvalue weighted by molar-refractivity contribution is 9.10. The summed E-state index contributed by atoms with van der Waals surface area (Å²) in [7, 11) is 0. The first-order valence-corrected chi connectivity index (χ1v) is 12.9. The molecule has 0 N–H and O–H groups in total. The summed E-state index contributed by atoms with van der Waals surface area (Å²) in [5.41, 5.74) is 2.91. The number of hydrogen-bond acceptors (Lipinski definition) is 4. The van der Waals surface area contributed by atoms with Gasteiger partial charge in [0.1, 0.15) is 23.8 Å². The number of rotatable bonds is 6. The van der Waals surface area contributed by atoms with Crippen LogP contribution in [0.25, 0.3) is 11.0 Å². The molecule has 0 spiro atoms. The maximum atomic E-state index is 13.7. The standard InChI is InChI=1S/C31H21BrFNO4/c32-22-10-15-26-25(16-22)29(35)27-28(21-8-13-24(14-9-21)37-18-20-4-2-1-3-5-20)34(31(36)30(27)38-26)17-19-6-11-23(33)12-7-19/h1-16,28H,17-18H2. The molecule has 188 valence electrons. The molecule has 5 nitrogen and oxygen atoms in total. The number of halogens is 2. The van der Waals surface area contributed by atoms with Crippen molar-refractivity contribution in [3.63, 3.8) is 0 Å². The molecule has 1 unspecified atom stereocenters. The largest absolute Gasteiger partial charge is 0.489 e. The molecule has 38 heavy (non-hydrogen) atoms. The molecule has 0 fully saturated rings. The third-order valence-electron chi connectivity index (χ3n) is 6.64. The van der Waals surface area contributed by atoms with Gasteiger partial charge in [0.05, 0.1) is 17.0 Å². The zero-order valence-corrected chi connectivity index (χ0v) is 21.7. The summed E-state index contributed by atoms with van der Waals surface area (Å²) in [6.07, 6.45) is 0. The molecule has 0 saturated heterocycles. The van der Waals surface area contributed by atoms with Crippen molar-refractivity contribution in [1.82, 2.24) is 4.90 Å². The number of ether oxygens (including phenoxy) is 1. The van der Waals surface area contributed by atoms with E-state index in [-0.39, 0.29) is 29.5 Å². The Morgan fingerprint density at radius 3 is 2.34 bits per heavy atom. The lowest BCUT2D eigenvalue weighted by atomic mass is 9.98. The van der Waals surface area contributed by atoms with Gasteiger partial charge in [-0.3, -0.25) is 9.59 Å². The predicted molar refractivity (Wildman–Crippen MR) is 146 cm³/mol. The van der Waals surface area contributed by atoms with E-state index in [4.69, 9.17) is 9.15 Å². The molecule has 1 amide bonds. The third-order valence-corrected chi connectivity index (χ3v) is 7.13. The van der Waals surface area contributed by atoms with Crippen molar-refractivity contribution in [3.8, 4) is 5.75 Å². The summed E-state index contributed by atoms with van der Waals surface area (Å²) < 4.78 is 26.2. The van der Waals surface area contributed by atoms with Gasteiger partial charge >= 0.3 is 0 Å². The summed E-state index contributed by atoms with van der Waals surface area (Å²) in [6.45, 7) is 0.603. The van der Waals surface area contributed by atoms with E-state index in [1.165, 1.54) is 12.1 Å². The highest BCUT2D eigenvalue weighted by Gasteiger charge is 2.42. The molecule has 2 heterocycles. The molecular weight excluding hydrogens is 549 g/mol. The molecule has 6 rings (SSSR count). The Morgan fingerprint density at radius 1 is 0.868 bits per heavy atom. The average Bonchev–Trinajstić information content (AvgIpc) is 3.21. The third kappa shape index (κ3) is 4.50. The molecular formula is C31H21BrFNO4. The fourth-order valence-electron chi connectivity index (χ4n) is 4.78. The fourth-order valence-corrected chi connectivity index (χ4v) is 5.14. The quantitative estimate of drug-likeness (QED) is 0.220. The monoisotopic (exact) mass is 569 g/mol. The van der Waals surface area contributed by atoms with E-state index in [1.54, 1.807) is 35.2 Å². The number of fused-ring (bicyclic) bond motifs is 2. The SMILES string of the molecule is O=C1c2oc3ccc(Br)cc3c(=O)c2C(c2ccc(OCc3ccccc3)cc2)N1Cc1ccc(F)cc1. The number of carbonyl (C=O) groups is 1. The lowest BCUT2D eigenvalue weighted by Gasteiger charge is -2.25. The maximum Gasteiger partial charge on any atom is 0.291 e. The van der Waals surface area contributed by atoms with Gasteiger partial charge in [-0.1, -0.05) is 70.5 Å². The maximum absolute atomic E-state index is 13.7. The van der Waals surface area contributed by atoms with Crippen LogP contribution >= 0.6 is 15.9 Å². The molecule has 1 aliphatic heterocycles. The van der Waals surface area contributed by atoms with Crippen LogP contribution in [0.1, 0.15) is 38.9 Å². The van der Waals surface area contributed by atoms with Crippen molar-refractivity contribution < 1.29 is 18.3 Å². The van der Waals surface area contributed by atoms with Crippen molar-refractivity contribution in [2.45, 2.75) is 19.2 Å². The van der Waals surface area contributed by atoms with Crippen molar-refractivity contribution >= 4 is 32.8 Å². The molecule has 0 saturated carbocycles. The van der Waals surface area contributed by atoms with Gasteiger partial charge < -0.3 is 14.1 Å². The molecule has 0 bridgehead atoms. The van der Waals surface area contributed by atoms with Crippen LogP contribution in [0.4, 0.5) is 4.39 Å². The number of hydrogen-bond donors (Lipinski definition) is 0. The summed E-state index contributed by atoms with van der Waals surface area (Å²) in [5, 5.41) is 0.391. The molecule has 1 aromatic heterocycles. The number of benzene rings is 4. The van der Waals surface area contributed by atoms with Crippen LogP contribution in [-0.4, -0.2) is 10.8 Å². The van der Waals surface area contributed by atoms with Gasteiger partial charge in [-0.15, -0.1) is 0 Å². The first-order valence-electron chi connectivity index (χ1n) is 12.1. The van der Waals surface area contributed by atoms with Gasteiger partial charge in [0.25, 0.3) is 5.91 Å². The second-order valence-electron chi connectivity index (χ2n) is 9.12. The minimum Gasteiger partial charge on any atom is -0.489 e. The van der Waals surface area contributed by atoms with Crippen LogP contribution in [0.2, 0.25) is 0 Å². The Labute approximate surface area is 226 Å². The molecule has 0 aliphatic carbocycles. The van der Waals surface area contributed by atoms with Crippen molar-refractivity contribution in [1.29, 1.82) is 0 Å². The normalized spacial score (nSPS) is 14.6. The Hall–Kier alpha value is -4.23. The van der Waals surface area contributed by atoms with Gasteiger partial charge in [-0.2, -0.15) is 0 Å². The van der Waals surface area contributed by atoms with Gasteiger partial charge in [-0.05, 0) is 59.2 Å². The fraction of sp³-hybridized carbons (Fsp3) is 0.0968. The summed E-state index contributed by atoms with van der Waals surface area (Å²) in [4.78, 5) is 29.0. The zero-order valence-electron chi connectivity index (χ0n) is 20.1. The van der Waals surface area contributed by atoms with Crippen LogP contribution in [0.15, 0.2) is 111 Å². The van der Waals surface area contributed by atoms with E-state index in [9.17, 15) is 14.0 Å². The van der Waals surface area contributed by atoms with Crippen LogP contribution in [0.5, 0.6) is 5.75 Å². The summed E-state index contributed by atoms with van der Waals surface area (Å²) >= 11 is 3.42. The van der Waals surface area contributed by atoms with Gasteiger partial charge in [0.2, 0.25) is 5.76 Å². The molecule has 7 heteroatoms. The van der Waals surface area contributed by atoms with Crippen molar-refractivity contribution in [2.24, 2.45) is 0 Å².